The highest BCUT2D eigenvalue weighted by molar-refractivity contribution is 9.10. The van der Waals surface area contributed by atoms with Crippen molar-refractivity contribution in [3.63, 3.8) is 0 Å². The lowest BCUT2D eigenvalue weighted by atomic mass is 10.1. The van der Waals surface area contributed by atoms with Crippen LogP contribution in [-0.2, 0) is 0 Å². The molecular formula is C15H8BrF2N5S. The highest BCUT2D eigenvalue weighted by Gasteiger charge is 2.16. The van der Waals surface area contributed by atoms with E-state index in [4.69, 9.17) is 0 Å². The molecule has 0 unspecified atom stereocenters. The summed E-state index contributed by atoms with van der Waals surface area (Å²) >= 11 is 3.36. The van der Waals surface area contributed by atoms with Crippen LogP contribution < -0.4 is 0 Å². The molecule has 0 aliphatic heterocycles. The third kappa shape index (κ3) is 2.59. The molecule has 3 heterocycles. The van der Waals surface area contributed by atoms with Gasteiger partial charge in [-0.25, -0.2) is 13.9 Å². The van der Waals surface area contributed by atoms with E-state index >= 15 is 0 Å². The quantitative estimate of drug-likeness (QED) is 0.500. The molecule has 120 valence electrons. The molecular weight excluding hydrogens is 400 g/mol. The zero-order valence-electron chi connectivity index (χ0n) is 11.9. The van der Waals surface area contributed by atoms with Crippen LogP contribution in [0.3, 0.4) is 0 Å². The molecule has 0 bridgehead atoms. The smallest absolute Gasteiger partial charge is 0.187 e. The first kappa shape index (κ1) is 15.3. The first-order valence-electron chi connectivity index (χ1n) is 6.81. The van der Waals surface area contributed by atoms with Crippen molar-refractivity contribution in [3.8, 4) is 22.5 Å². The zero-order chi connectivity index (χ0) is 16.7. The van der Waals surface area contributed by atoms with E-state index in [2.05, 4.69) is 31.1 Å². The molecule has 4 rings (SSSR count). The zero-order valence-corrected chi connectivity index (χ0v) is 14.3. The van der Waals surface area contributed by atoms with Crippen molar-refractivity contribution in [2.75, 3.05) is 0 Å². The largest absolute Gasteiger partial charge is 0.234 e. The van der Waals surface area contributed by atoms with Crippen molar-refractivity contribution in [1.82, 2.24) is 23.8 Å². The van der Waals surface area contributed by atoms with Crippen molar-refractivity contribution >= 4 is 33.9 Å². The molecule has 3 aromatic heterocycles. The summed E-state index contributed by atoms with van der Waals surface area (Å²) < 4.78 is 29.6. The van der Waals surface area contributed by atoms with Crippen LogP contribution in [0.5, 0.6) is 0 Å². The van der Waals surface area contributed by atoms with Gasteiger partial charge in [0.25, 0.3) is 0 Å². The van der Waals surface area contributed by atoms with Crippen LogP contribution in [-0.4, -0.2) is 23.8 Å². The molecule has 9 heteroatoms. The van der Waals surface area contributed by atoms with Crippen LogP contribution in [0.25, 0.3) is 28.2 Å². The molecule has 1 aromatic carbocycles. The fourth-order valence-electron chi connectivity index (χ4n) is 2.39. The minimum Gasteiger partial charge on any atom is -0.234 e. The summed E-state index contributed by atoms with van der Waals surface area (Å²) in [5.74, 6) is -0.346. The predicted octanol–water partition coefficient (Wildman–Crippen LogP) is 4.54. The van der Waals surface area contributed by atoms with Crippen molar-refractivity contribution in [2.45, 2.75) is 0 Å². The van der Waals surface area contributed by atoms with Gasteiger partial charge in [-0.1, -0.05) is 0 Å². The third-order valence-corrected chi connectivity index (χ3v) is 4.35. The summed E-state index contributed by atoms with van der Waals surface area (Å²) in [5.41, 5.74) is 3.10. The Balaban J connectivity index is 1.91. The molecule has 5 nitrogen and oxygen atoms in total. The maximum atomic E-state index is 13.2. The van der Waals surface area contributed by atoms with Crippen molar-refractivity contribution < 1.29 is 8.28 Å². The number of fused-ring (bicyclic) bond motifs is 1. The number of benzene rings is 1. The molecule has 24 heavy (non-hydrogen) atoms. The normalized spacial score (nSPS) is 11.3. The molecule has 0 amide bonds. The first-order chi connectivity index (χ1) is 11.7. The van der Waals surface area contributed by atoms with Crippen molar-refractivity contribution in [3.05, 3.63) is 59.2 Å². The summed E-state index contributed by atoms with van der Waals surface area (Å²) in [6.07, 6.45) is 3.19. The lowest BCUT2D eigenvalue weighted by molar-refractivity contribution is 0.628. The number of rotatable bonds is 3. The highest BCUT2D eigenvalue weighted by Crippen LogP contribution is 2.31. The van der Waals surface area contributed by atoms with Crippen LogP contribution in [0.2, 0.25) is 0 Å². The number of nitrogens with zero attached hydrogens (tertiary/aromatic N) is 5. The Morgan fingerprint density at radius 3 is 2.58 bits per heavy atom. The fourth-order valence-corrected chi connectivity index (χ4v) is 3.01. The Morgan fingerprint density at radius 2 is 1.83 bits per heavy atom. The van der Waals surface area contributed by atoms with Crippen molar-refractivity contribution in [1.29, 1.82) is 0 Å². The van der Waals surface area contributed by atoms with Crippen molar-refractivity contribution in [2.24, 2.45) is 0 Å². The van der Waals surface area contributed by atoms with E-state index in [9.17, 15) is 8.28 Å². The van der Waals surface area contributed by atoms with Gasteiger partial charge in [0.1, 0.15) is 16.1 Å². The van der Waals surface area contributed by atoms with Crippen LogP contribution in [0.1, 0.15) is 0 Å². The van der Waals surface area contributed by atoms with Crippen LogP contribution in [0.4, 0.5) is 8.28 Å². The van der Waals surface area contributed by atoms with E-state index in [0.717, 1.165) is 4.09 Å². The van der Waals surface area contributed by atoms with Gasteiger partial charge in [-0.15, -0.1) is 3.89 Å². The molecule has 0 saturated heterocycles. The Bertz CT molecular complexity index is 1030. The summed E-state index contributed by atoms with van der Waals surface area (Å²) in [6.45, 7) is 0. The van der Waals surface area contributed by atoms with Gasteiger partial charge in [0.15, 0.2) is 18.0 Å². The van der Waals surface area contributed by atoms with Crippen LogP contribution in [0.15, 0.2) is 53.4 Å². The predicted molar refractivity (Wildman–Crippen MR) is 91.4 cm³/mol. The minimum atomic E-state index is -0.346. The molecule has 0 saturated carbocycles. The number of aromatic nitrogens is 5. The lowest BCUT2D eigenvalue weighted by Gasteiger charge is -2.03. The first-order valence-corrected chi connectivity index (χ1v) is 8.28. The molecule has 0 spiro atoms. The maximum absolute atomic E-state index is 13.2. The van der Waals surface area contributed by atoms with Gasteiger partial charge in [-0.2, -0.15) is 14.3 Å². The average Bonchev–Trinajstić information content (AvgIpc) is 3.19. The van der Waals surface area contributed by atoms with Gasteiger partial charge in [0.2, 0.25) is 0 Å². The molecule has 0 fully saturated rings. The molecule has 4 aromatic rings. The van der Waals surface area contributed by atoms with Gasteiger partial charge < -0.3 is 0 Å². The number of hydrogen-bond donors (Lipinski definition) is 0. The minimum absolute atomic E-state index is 0.0200. The summed E-state index contributed by atoms with van der Waals surface area (Å²) in [5, 5.41) is 8.71. The summed E-state index contributed by atoms with van der Waals surface area (Å²) in [6, 6.07) is 9.46. The van der Waals surface area contributed by atoms with Crippen LogP contribution >= 0.6 is 28.3 Å². The standard InChI is InChI=1S/C15H8BrF2N5S/c16-13-7-19-14-6-5-12(20-23(13)14)11-8-22(24-18)21-15(11)9-1-3-10(17)4-2-9/h1-8H. The summed E-state index contributed by atoms with van der Waals surface area (Å²) in [4.78, 5) is 4.19. The Hall–Kier alpha value is -2.26. The molecule has 0 aliphatic carbocycles. The van der Waals surface area contributed by atoms with Gasteiger partial charge in [0, 0.05) is 11.1 Å². The second-order valence-electron chi connectivity index (χ2n) is 4.94. The highest BCUT2D eigenvalue weighted by atomic mass is 79.9. The van der Waals surface area contributed by atoms with E-state index in [0.29, 0.717) is 32.8 Å². The lowest BCUT2D eigenvalue weighted by Crippen LogP contribution is -1.95. The average molecular weight is 408 g/mol. The topological polar surface area (TPSA) is 48.0 Å². The third-order valence-electron chi connectivity index (χ3n) is 3.48. The summed E-state index contributed by atoms with van der Waals surface area (Å²) in [7, 11) is 0. The van der Waals surface area contributed by atoms with Gasteiger partial charge in [-0.05, 0) is 52.3 Å². The Kier molecular flexibility index (Phi) is 3.81. The second-order valence-corrected chi connectivity index (χ2v) is 6.26. The molecule has 0 atom stereocenters. The number of halogens is 3. The van der Waals surface area contributed by atoms with Gasteiger partial charge >= 0.3 is 0 Å². The maximum Gasteiger partial charge on any atom is 0.187 e. The van der Waals surface area contributed by atoms with E-state index < -0.39 is 0 Å². The Morgan fingerprint density at radius 1 is 1.04 bits per heavy atom. The molecule has 0 radical (unpaired) electrons. The molecule has 0 N–H and O–H groups in total. The van der Waals surface area contributed by atoms with Gasteiger partial charge in [-0.3, -0.25) is 0 Å². The van der Waals surface area contributed by atoms with E-state index in [1.165, 1.54) is 12.1 Å². The molecule has 0 aliphatic rings. The monoisotopic (exact) mass is 407 g/mol. The van der Waals surface area contributed by atoms with Crippen LogP contribution in [0, 0.1) is 5.82 Å². The number of imidazole rings is 1. The Labute approximate surface area is 147 Å². The van der Waals surface area contributed by atoms with Gasteiger partial charge in [0.05, 0.1) is 18.1 Å². The van der Waals surface area contributed by atoms with E-state index in [1.807, 2.05) is 6.07 Å². The second kappa shape index (κ2) is 5.99. The SMILES string of the molecule is FSn1cc(-c2ccc3ncc(Br)n3n2)c(-c2ccc(F)cc2)n1. The number of hydrogen-bond acceptors (Lipinski definition) is 4. The van der Waals surface area contributed by atoms with E-state index in [1.54, 1.807) is 35.1 Å². The van der Waals surface area contributed by atoms with E-state index in [-0.39, 0.29) is 18.2 Å². The fraction of sp³-hybridized carbons (Fsp3) is 0.